The van der Waals surface area contributed by atoms with Crippen molar-refractivity contribution in [3.8, 4) is 0 Å². The second-order valence-corrected chi connectivity index (χ2v) is 8.67. The molecule has 1 aromatic carbocycles. The SMILES string of the molecule is CCCCCNc1ccc(S(=O)(=O)NCCC2=CCCCC2)cc1C(=O)O. The summed E-state index contributed by atoms with van der Waals surface area (Å²) in [6.45, 7) is 3.08. The van der Waals surface area contributed by atoms with Crippen LogP contribution in [0.15, 0.2) is 34.7 Å². The highest BCUT2D eigenvalue weighted by Crippen LogP contribution is 2.22. The fourth-order valence-electron chi connectivity index (χ4n) is 3.18. The maximum atomic E-state index is 12.5. The number of aromatic carboxylic acids is 1. The molecule has 0 amide bonds. The number of rotatable bonds is 11. The van der Waals surface area contributed by atoms with Gasteiger partial charge in [0.2, 0.25) is 10.0 Å². The summed E-state index contributed by atoms with van der Waals surface area (Å²) in [4.78, 5) is 11.5. The van der Waals surface area contributed by atoms with Crippen LogP contribution in [0.3, 0.4) is 0 Å². The molecule has 150 valence electrons. The summed E-state index contributed by atoms with van der Waals surface area (Å²) < 4.78 is 27.6. The topological polar surface area (TPSA) is 95.5 Å². The number of unbranched alkanes of at least 4 members (excludes halogenated alkanes) is 2. The van der Waals surface area contributed by atoms with Gasteiger partial charge in [0, 0.05) is 18.8 Å². The number of allylic oxidation sites excluding steroid dienone is 1. The predicted octanol–water partition coefficient (Wildman–Crippen LogP) is 4.16. The highest BCUT2D eigenvalue weighted by atomic mass is 32.2. The van der Waals surface area contributed by atoms with E-state index in [4.69, 9.17) is 0 Å². The molecule has 6 nitrogen and oxygen atoms in total. The molecular formula is C20H30N2O4S. The molecule has 0 unspecified atom stereocenters. The lowest BCUT2D eigenvalue weighted by molar-refractivity contribution is 0.0697. The normalized spacial score (nSPS) is 14.6. The molecule has 0 radical (unpaired) electrons. The first-order chi connectivity index (χ1) is 12.9. The van der Waals surface area contributed by atoms with Gasteiger partial charge in [-0.3, -0.25) is 0 Å². The van der Waals surface area contributed by atoms with E-state index in [0.717, 1.165) is 38.5 Å². The molecule has 0 bridgehead atoms. The van der Waals surface area contributed by atoms with Crippen LogP contribution < -0.4 is 10.0 Å². The Morgan fingerprint density at radius 2 is 2.00 bits per heavy atom. The lowest BCUT2D eigenvalue weighted by Crippen LogP contribution is -2.25. The molecule has 3 N–H and O–H groups in total. The Bertz CT molecular complexity index is 772. The molecule has 0 spiro atoms. The third-order valence-electron chi connectivity index (χ3n) is 4.75. The van der Waals surface area contributed by atoms with Crippen molar-refractivity contribution in [2.24, 2.45) is 0 Å². The molecule has 0 fully saturated rings. The zero-order valence-electron chi connectivity index (χ0n) is 16.0. The van der Waals surface area contributed by atoms with E-state index in [1.54, 1.807) is 0 Å². The monoisotopic (exact) mass is 394 g/mol. The van der Waals surface area contributed by atoms with Gasteiger partial charge < -0.3 is 10.4 Å². The van der Waals surface area contributed by atoms with Crippen molar-refractivity contribution in [2.75, 3.05) is 18.4 Å². The quantitative estimate of drug-likeness (QED) is 0.387. The van der Waals surface area contributed by atoms with Crippen molar-refractivity contribution in [3.05, 3.63) is 35.4 Å². The van der Waals surface area contributed by atoms with E-state index in [-0.39, 0.29) is 10.5 Å². The standard InChI is InChI=1S/C20H30N2O4S/c1-2-3-7-13-21-19-11-10-17(15-18(19)20(23)24)27(25,26)22-14-12-16-8-5-4-6-9-16/h8,10-11,15,21-22H,2-7,9,12-14H2,1H3,(H,23,24). The van der Waals surface area contributed by atoms with Crippen molar-refractivity contribution in [1.82, 2.24) is 4.72 Å². The lowest BCUT2D eigenvalue weighted by Gasteiger charge is -2.14. The molecule has 0 heterocycles. The van der Waals surface area contributed by atoms with E-state index >= 15 is 0 Å². The Balaban J connectivity index is 2.03. The number of nitrogens with one attached hydrogen (secondary N) is 2. The molecular weight excluding hydrogens is 364 g/mol. The first kappa shape index (κ1) is 21.4. The minimum absolute atomic E-state index is 0.0170. The first-order valence-electron chi connectivity index (χ1n) is 9.73. The van der Waals surface area contributed by atoms with Gasteiger partial charge in [0.15, 0.2) is 0 Å². The fourth-order valence-corrected chi connectivity index (χ4v) is 4.24. The van der Waals surface area contributed by atoms with E-state index in [1.807, 2.05) is 0 Å². The lowest BCUT2D eigenvalue weighted by atomic mass is 9.97. The van der Waals surface area contributed by atoms with Gasteiger partial charge in [-0.2, -0.15) is 0 Å². The Labute approximate surface area is 162 Å². The van der Waals surface area contributed by atoms with E-state index in [9.17, 15) is 18.3 Å². The number of carboxylic acid groups (broad SMARTS) is 1. The number of anilines is 1. The van der Waals surface area contributed by atoms with Crippen LogP contribution in [0.2, 0.25) is 0 Å². The zero-order valence-corrected chi connectivity index (χ0v) is 16.8. The Hall–Kier alpha value is -1.86. The summed E-state index contributed by atoms with van der Waals surface area (Å²) in [6.07, 6.45) is 10.4. The molecule has 2 rings (SSSR count). The van der Waals surface area contributed by atoms with Crippen LogP contribution in [0.1, 0.15) is 68.6 Å². The van der Waals surface area contributed by atoms with Crippen LogP contribution in [-0.4, -0.2) is 32.6 Å². The van der Waals surface area contributed by atoms with Crippen LogP contribution in [0, 0.1) is 0 Å². The maximum Gasteiger partial charge on any atom is 0.337 e. The van der Waals surface area contributed by atoms with Crippen molar-refractivity contribution in [3.63, 3.8) is 0 Å². The van der Waals surface area contributed by atoms with Gasteiger partial charge in [0.25, 0.3) is 0 Å². The second-order valence-electron chi connectivity index (χ2n) is 6.90. The van der Waals surface area contributed by atoms with Gasteiger partial charge in [0.1, 0.15) is 0 Å². The Morgan fingerprint density at radius 3 is 2.67 bits per heavy atom. The van der Waals surface area contributed by atoms with E-state index < -0.39 is 16.0 Å². The van der Waals surface area contributed by atoms with Crippen molar-refractivity contribution in [2.45, 2.75) is 63.2 Å². The van der Waals surface area contributed by atoms with Crippen molar-refractivity contribution < 1.29 is 18.3 Å². The van der Waals surface area contributed by atoms with Crippen LogP contribution in [0.5, 0.6) is 0 Å². The second kappa shape index (κ2) is 10.5. The molecule has 1 aliphatic carbocycles. The number of carbonyl (C=O) groups is 1. The summed E-state index contributed by atoms with van der Waals surface area (Å²) in [5.74, 6) is -1.14. The summed E-state index contributed by atoms with van der Waals surface area (Å²) in [6, 6.07) is 4.22. The largest absolute Gasteiger partial charge is 0.478 e. The average molecular weight is 395 g/mol. The van der Waals surface area contributed by atoms with Crippen LogP contribution >= 0.6 is 0 Å². The molecule has 0 saturated heterocycles. The first-order valence-corrected chi connectivity index (χ1v) is 11.2. The summed E-state index contributed by atoms with van der Waals surface area (Å²) in [7, 11) is -3.73. The van der Waals surface area contributed by atoms with Crippen molar-refractivity contribution in [1.29, 1.82) is 0 Å². The average Bonchev–Trinajstić information content (AvgIpc) is 2.66. The van der Waals surface area contributed by atoms with Crippen LogP contribution in [0.25, 0.3) is 0 Å². The highest BCUT2D eigenvalue weighted by molar-refractivity contribution is 7.89. The van der Waals surface area contributed by atoms with Gasteiger partial charge in [-0.15, -0.1) is 0 Å². The predicted molar refractivity (Wildman–Crippen MR) is 108 cm³/mol. The van der Waals surface area contributed by atoms with Gasteiger partial charge in [-0.1, -0.05) is 31.4 Å². The third-order valence-corrected chi connectivity index (χ3v) is 6.21. The van der Waals surface area contributed by atoms with E-state index in [2.05, 4.69) is 23.0 Å². The third kappa shape index (κ3) is 6.66. The molecule has 1 aromatic rings. The number of benzene rings is 1. The van der Waals surface area contributed by atoms with Crippen LogP contribution in [-0.2, 0) is 10.0 Å². The van der Waals surface area contributed by atoms with E-state index in [0.29, 0.717) is 25.2 Å². The molecule has 0 atom stereocenters. The molecule has 7 heteroatoms. The molecule has 27 heavy (non-hydrogen) atoms. The van der Waals surface area contributed by atoms with Crippen molar-refractivity contribution >= 4 is 21.7 Å². The molecule has 0 aromatic heterocycles. The minimum atomic E-state index is -3.73. The molecule has 0 saturated carbocycles. The van der Waals surface area contributed by atoms with Crippen LogP contribution in [0.4, 0.5) is 5.69 Å². The smallest absolute Gasteiger partial charge is 0.337 e. The van der Waals surface area contributed by atoms with Gasteiger partial charge in [-0.25, -0.2) is 17.9 Å². The number of carboxylic acids is 1. The Morgan fingerprint density at radius 1 is 1.19 bits per heavy atom. The van der Waals surface area contributed by atoms with Gasteiger partial charge in [0.05, 0.1) is 10.5 Å². The number of hydrogen-bond acceptors (Lipinski definition) is 4. The zero-order chi connectivity index (χ0) is 19.7. The fraction of sp³-hybridized carbons (Fsp3) is 0.550. The highest BCUT2D eigenvalue weighted by Gasteiger charge is 2.19. The molecule has 0 aliphatic heterocycles. The number of sulfonamides is 1. The minimum Gasteiger partial charge on any atom is -0.478 e. The summed E-state index contributed by atoms with van der Waals surface area (Å²) in [5, 5.41) is 12.5. The Kier molecular flexibility index (Phi) is 8.31. The molecule has 1 aliphatic rings. The summed E-state index contributed by atoms with van der Waals surface area (Å²) >= 11 is 0. The van der Waals surface area contributed by atoms with Gasteiger partial charge in [-0.05, 0) is 56.7 Å². The van der Waals surface area contributed by atoms with Gasteiger partial charge >= 0.3 is 5.97 Å². The number of hydrogen-bond donors (Lipinski definition) is 3. The van der Waals surface area contributed by atoms with E-state index in [1.165, 1.54) is 30.2 Å². The maximum absolute atomic E-state index is 12.5. The summed E-state index contributed by atoms with van der Waals surface area (Å²) in [5.41, 5.74) is 1.72.